The van der Waals surface area contributed by atoms with Crippen LogP contribution in [0.25, 0.3) is 0 Å². The Bertz CT molecular complexity index is 464. The molecule has 0 radical (unpaired) electrons. The number of rotatable bonds is 5. The molecule has 0 saturated heterocycles. The molecule has 1 aliphatic carbocycles. The molecule has 0 N–H and O–H groups in total. The second kappa shape index (κ2) is 7.09. The smallest absolute Gasteiger partial charge is 0.229 e. The maximum atomic E-state index is 12.6. The third-order valence-corrected chi connectivity index (χ3v) is 4.13. The molecule has 2 unspecified atom stereocenters. The zero-order valence-electron chi connectivity index (χ0n) is 12.1. The number of fused-ring (bicyclic) bond motifs is 1. The van der Waals surface area contributed by atoms with Crippen molar-refractivity contribution in [2.24, 2.45) is 0 Å². The molecule has 1 aromatic carbocycles. The van der Waals surface area contributed by atoms with E-state index in [0.717, 1.165) is 19.3 Å². The summed E-state index contributed by atoms with van der Waals surface area (Å²) >= 11 is 6.14. The Labute approximate surface area is 125 Å². The largest absolute Gasteiger partial charge is 0.383 e. The van der Waals surface area contributed by atoms with Crippen molar-refractivity contribution in [2.45, 2.75) is 30.6 Å². The number of hydrogen-bond donors (Lipinski definition) is 0. The lowest BCUT2D eigenvalue weighted by atomic mass is 9.82. The number of methoxy groups -OCH3 is 1. The number of nitrogens with zero attached hydrogens (tertiary/aromatic N) is 1. The number of hydrogen-bond acceptors (Lipinski definition) is 2. The minimum absolute atomic E-state index is 0.0173. The predicted molar refractivity (Wildman–Crippen MR) is 81.3 cm³/mol. The van der Waals surface area contributed by atoms with Gasteiger partial charge in [0.05, 0.1) is 17.9 Å². The van der Waals surface area contributed by atoms with Gasteiger partial charge in [0.1, 0.15) is 0 Å². The van der Waals surface area contributed by atoms with Crippen LogP contribution in [-0.4, -0.2) is 43.5 Å². The van der Waals surface area contributed by atoms with E-state index in [9.17, 15) is 4.79 Å². The van der Waals surface area contributed by atoms with Crippen molar-refractivity contribution in [3.63, 3.8) is 0 Å². The Kier molecular flexibility index (Phi) is 5.44. The van der Waals surface area contributed by atoms with Gasteiger partial charge in [0.15, 0.2) is 0 Å². The monoisotopic (exact) mass is 295 g/mol. The lowest BCUT2D eigenvalue weighted by molar-refractivity contribution is -0.132. The fourth-order valence-corrected chi connectivity index (χ4v) is 3.23. The van der Waals surface area contributed by atoms with Gasteiger partial charge in [0.25, 0.3) is 0 Å². The van der Waals surface area contributed by atoms with E-state index in [-0.39, 0.29) is 17.2 Å². The number of ether oxygens (including phenoxy) is 1. The van der Waals surface area contributed by atoms with Crippen LogP contribution >= 0.6 is 11.6 Å². The van der Waals surface area contributed by atoms with Gasteiger partial charge in [-0.05, 0) is 30.4 Å². The molecule has 3 nitrogen and oxygen atoms in total. The summed E-state index contributed by atoms with van der Waals surface area (Å²) in [7, 11) is 3.44. The highest BCUT2D eigenvalue weighted by Crippen LogP contribution is 2.32. The van der Waals surface area contributed by atoms with Gasteiger partial charge in [-0.25, -0.2) is 0 Å². The first-order valence-electron chi connectivity index (χ1n) is 7.09. The molecule has 4 heteroatoms. The summed E-state index contributed by atoms with van der Waals surface area (Å²) in [6.45, 7) is 0.979. The average Bonchev–Trinajstić information content (AvgIpc) is 2.46. The van der Waals surface area contributed by atoms with Crippen molar-refractivity contribution in [2.75, 3.05) is 27.3 Å². The predicted octanol–water partition coefficient (Wildman–Crippen LogP) is 2.82. The van der Waals surface area contributed by atoms with Gasteiger partial charge in [0.2, 0.25) is 5.91 Å². The van der Waals surface area contributed by atoms with Gasteiger partial charge >= 0.3 is 0 Å². The molecule has 110 valence electrons. The lowest BCUT2D eigenvalue weighted by Gasteiger charge is -2.29. The minimum Gasteiger partial charge on any atom is -0.383 e. The van der Waals surface area contributed by atoms with E-state index in [0.29, 0.717) is 13.2 Å². The zero-order chi connectivity index (χ0) is 14.5. The molecule has 0 aliphatic heterocycles. The second-order valence-electron chi connectivity index (χ2n) is 5.42. The Morgan fingerprint density at radius 3 is 3.00 bits per heavy atom. The molecular weight excluding hydrogens is 274 g/mol. The molecule has 1 amide bonds. The van der Waals surface area contributed by atoms with Crippen molar-refractivity contribution in [3.05, 3.63) is 35.4 Å². The summed E-state index contributed by atoms with van der Waals surface area (Å²) in [5.74, 6) is 0.148. The van der Waals surface area contributed by atoms with Crippen LogP contribution in [-0.2, 0) is 16.0 Å². The summed E-state index contributed by atoms with van der Waals surface area (Å²) in [5, 5.41) is -0.159. The second-order valence-corrected chi connectivity index (χ2v) is 6.03. The molecule has 2 rings (SSSR count). The van der Waals surface area contributed by atoms with Crippen LogP contribution in [0.15, 0.2) is 24.3 Å². The van der Waals surface area contributed by atoms with Crippen LogP contribution in [0.5, 0.6) is 0 Å². The fourth-order valence-electron chi connectivity index (χ4n) is 2.90. The van der Waals surface area contributed by atoms with Crippen molar-refractivity contribution in [1.82, 2.24) is 4.90 Å². The summed E-state index contributed by atoms with van der Waals surface area (Å²) < 4.78 is 5.02. The van der Waals surface area contributed by atoms with Crippen molar-refractivity contribution in [1.29, 1.82) is 0 Å². The van der Waals surface area contributed by atoms with Gasteiger partial charge in [-0.2, -0.15) is 0 Å². The first-order valence-corrected chi connectivity index (χ1v) is 7.53. The van der Waals surface area contributed by atoms with Crippen LogP contribution in [0.4, 0.5) is 0 Å². The molecule has 0 aromatic heterocycles. The van der Waals surface area contributed by atoms with Crippen LogP contribution in [0.3, 0.4) is 0 Å². The van der Waals surface area contributed by atoms with E-state index in [1.54, 1.807) is 12.0 Å². The molecule has 0 bridgehead atoms. The van der Waals surface area contributed by atoms with E-state index in [2.05, 4.69) is 12.1 Å². The topological polar surface area (TPSA) is 29.5 Å². The van der Waals surface area contributed by atoms with Crippen molar-refractivity contribution in [3.8, 4) is 0 Å². The van der Waals surface area contributed by atoms with Gasteiger partial charge in [0, 0.05) is 20.7 Å². The average molecular weight is 296 g/mol. The highest BCUT2D eigenvalue weighted by Gasteiger charge is 2.28. The Morgan fingerprint density at radius 2 is 2.25 bits per heavy atom. The summed E-state index contributed by atoms with van der Waals surface area (Å²) in [5.41, 5.74) is 2.50. The maximum absolute atomic E-state index is 12.6. The van der Waals surface area contributed by atoms with E-state index in [4.69, 9.17) is 16.3 Å². The molecular formula is C16H22ClNO2. The number of alkyl halides is 1. The zero-order valence-corrected chi connectivity index (χ0v) is 12.9. The number of halogens is 1. The first-order chi connectivity index (χ1) is 9.63. The molecule has 1 aliphatic rings. The molecule has 0 saturated carbocycles. The first kappa shape index (κ1) is 15.3. The van der Waals surface area contributed by atoms with Crippen molar-refractivity contribution >= 4 is 17.5 Å². The summed E-state index contributed by atoms with van der Waals surface area (Å²) in [6.07, 6.45) is 3.08. The lowest BCUT2D eigenvalue weighted by Crippen LogP contribution is -2.38. The van der Waals surface area contributed by atoms with E-state index in [1.807, 2.05) is 19.2 Å². The fraction of sp³-hybridized carbons (Fsp3) is 0.562. The Morgan fingerprint density at radius 1 is 1.50 bits per heavy atom. The summed E-state index contributed by atoms with van der Waals surface area (Å²) in [6, 6.07) is 8.27. The van der Waals surface area contributed by atoms with Gasteiger partial charge in [-0.1, -0.05) is 24.3 Å². The standard InChI is InChI=1S/C16H22ClNO2/c1-18(10-13(17)11-20-2)16(19)15-9-5-7-12-6-3-4-8-14(12)15/h3-4,6,8,13,15H,5,7,9-11H2,1-2H3. The molecule has 0 spiro atoms. The molecule has 0 heterocycles. The third-order valence-electron chi connectivity index (χ3n) is 3.86. The third kappa shape index (κ3) is 3.53. The van der Waals surface area contributed by atoms with Crippen LogP contribution in [0, 0.1) is 0 Å². The van der Waals surface area contributed by atoms with Crippen molar-refractivity contribution < 1.29 is 9.53 Å². The Balaban J connectivity index is 2.06. The maximum Gasteiger partial charge on any atom is 0.229 e. The highest BCUT2D eigenvalue weighted by molar-refractivity contribution is 6.21. The molecule has 2 atom stereocenters. The van der Waals surface area contributed by atoms with Gasteiger partial charge < -0.3 is 9.64 Å². The number of benzene rings is 1. The van der Waals surface area contributed by atoms with Crippen LogP contribution in [0.1, 0.15) is 29.9 Å². The summed E-state index contributed by atoms with van der Waals surface area (Å²) in [4.78, 5) is 14.4. The normalized spacial score (nSPS) is 19.2. The molecule has 20 heavy (non-hydrogen) atoms. The van der Waals surface area contributed by atoms with E-state index < -0.39 is 0 Å². The van der Waals surface area contributed by atoms with Gasteiger partial charge in [-0.3, -0.25) is 4.79 Å². The van der Waals surface area contributed by atoms with E-state index in [1.165, 1.54) is 11.1 Å². The number of aryl methyl sites for hydroxylation is 1. The number of likely N-dealkylation sites (N-methyl/N-ethyl adjacent to an activating group) is 1. The van der Waals surface area contributed by atoms with E-state index >= 15 is 0 Å². The number of carbonyl (C=O) groups excluding carboxylic acids is 1. The SMILES string of the molecule is COCC(Cl)CN(C)C(=O)C1CCCc2ccccc21. The minimum atomic E-state index is -0.159. The molecule has 1 aromatic rings. The Hall–Kier alpha value is -1.06. The highest BCUT2D eigenvalue weighted by atomic mass is 35.5. The van der Waals surface area contributed by atoms with Crippen LogP contribution in [0.2, 0.25) is 0 Å². The van der Waals surface area contributed by atoms with Gasteiger partial charge in [-0.15, -0.1) is 11.6 Å². The number of amides is 1. The van der Waals surface area contributed by atoms with Crippen LogP contribution < -0.4 is 0 Å². The molecule has 0 fully saturated rings. The quantitative estimate of drug-likeness (QED) is 0.782. The number of carbonyl (C=O) groups is 1.